The Hall–Kier alpha value is -1.13. The van der Waals surface area contributed by atoms with E-state index in [-0.39, 0.29) is 24.1 Å². The Morgan fingerprint density at radius 1 is 1.56 bits per heavy atom. The maximum Gasteiger partial charge on any atom is 0.129 e. The lowest BCUT2D eigenvalue weighted by Gasteiger charge is -2.26. The number of aliphatic hydroxyl groups is 1. The first-order valence-corrected chi connectivity index (χ1v) is 6.31. The Morgan fingerprint density at radius 2 is 2.33 bits per heavy atom. The second kappa shape index (κ2) is 5.24. The van der Waals surface area contributed by atoms with Gasteiger partial charge >= 0.3 is 0 Å². The molecule has 1 aromatic rings. The van der Waals surface area contributed by atoms with E-state index in [4.69, 9.17) is 4.74 Å². The van der Waals surface area contributed by atoms with Gasteiger partial charge in [-0.2, -0.15) is 0 Å². The quantitative estimate of drug-likeness (QED) is 0.862. The number of hydrogen-bond donors (Lipinski definition) is 2. The summed E-state index contributed by atoms with van der Waals surface area (Å²) in [7, 11) is 1.85. The molecule has 2 atom stereocenters. The van der Waals surface area contributed by atoms with Crippen LogP contribution in [0.3, 0.4) is 0 Å². The molecule has 1 fully saturated rings. The van der Waals surface area contributed by atoms with Crippen LogP contribution < -0.4 is 10.1 Å². The van der Waals surface area contributed by atoms with Crippen LogP contribution in [0, 0.1) is 12.7 Å². The number of halogens is 1. The first-order valence-electron chi connectivity index (χ1n) is 6.31. The number of likely N-dealkylation sites (N-methyl/N-ethyl adjacent to an activating group) is 1. The predicted molar refractivity (Wildman–Crippen MR) is 68.3 cm³/mol. The van der Waals surface area contributed by atoms with Gasteiger partial charge in [0, 0.05) is 18.0 Å². The van der Waals surface area contributed by atoms with Crippen molar-refractivity contribution in [2.45, 2.75) is 37.8 Å². The molecule has 0 bridgehead atoms. The largest absolute Gasteiger partial charge is 0.490 e. The molecule has 0 heterocycles. The molecule has 4 heteroatoms. The lowest BCUT2D eigenvalue weighted by molar-refractivity contribution is 0.146. The highest BCUT2D eigenvalue weighted by Crippen LogP contribution is 2.32. The Labute approximate surface area is 107 Å². The topological polar surface area (TPSA) is 41.5 Å². The van der Waals surface area contributed by atoms with Crippen LogP contribution >= 0.6 is 0 Å². The van der Waals surface area contributed by atoms with E-state index >= 15 is 0 Å². The first kappa shape index (κ1) is 13.3. The second-order valence-corrected chi connectivity index (χ2v) is 5.08. The molecule has 0 aliphatic heterocycles. The summed E-state index contributed by atoms with van der Waals surface area (Å²) in [6, 6.07) is 4.93. The van der Waals surface area contributed by atoms with Crippen molar-refractivity contribution in [3.63, 3.8) is 0 Å². The van der Waals surface area contributed by atoms with Crippen molar-refractivity contribution < 1.29 is 14.2 Å². The minimum atomic E-state index is -0.243. The van der Waals surface area contributed by atoms with Crippen LogP contribution in [0.25, 0.3) is 0 Å². The number of ether oxygens (including phenoxy) is 1. The highest BCUT2D eigenvalue weighted by Gasteiger charge is 2.38. The molecule has 2 N–H and O–H groups in total. The van der Waals surface area contributed by atoms with E-state index in [0.717, 1.165) is 19.3 Å². The molecule has 3 nitrogen and oxygen atoms in total. The number of aliphatic hydroxyl groups excluding tert-OH is 1. The van der Waals surface area contributed by atoms with Gasteiger partial charge in [-0.05, 0) is 38.4 Å². The number of nitrogens with one attached hydrogen (secondary N) is 1. The van der Waals surface area contributed by atoms with Crippen LogP contribution in [-0.2, 0) is 0 Å². The van der Waals surface area contributed by atoms with Crippen LogP contribution in [0.15, 0.2) is 18.2 Å². The summed E-state index contributed by atoms with van der Waals surface area (Å²) >= 11 is 0. The van der Waals surface area contributed by atoms with Gasteiger partial charge in [0.1, 0.15) is 17.7 Å². The van der Waals surface area contributed by atoms with Crippen molar-refractivity contribution in [3.8, 4) is 5.75 Å². The fraction of sp³-hybridized carbons (Fsp3) is 0.571. The van der Waals surface area contributed by atoms with Crippen molar-refractivity contribution in [2.75, 3.05) is 13.7 Å². The Morgan fingerprint density at radius 3 is 2.89 bits per heavy atom. The molecule has 1 aromatic carbocycles. The van der Waals surface area contributed by atoms with E-state index in [0.29, 0.717) is 11.3 Å². The Bertz CT molecular complexity index is 418. The van der Waals surface area contributed by atoms with Crippen molar-refractivity contribution in [2.24, 2.45) is 0 Å². The summed E-state index contributed by atoms with van der Waals surface area (Å²) in [4.78, 5) is 0. The van der Waals surface area contributed by atoms with E-state index in [1.54, 1.807) is 19.1 Å². The highest BCUT2D eigenvalue weighted by molar-refractivity contribution is 5.28. The molecule has 1 saturated carbocycles. The summed E-state index contributed by atoms with van der Waals surface area (Å²) in [6.07, 6.45) is 2.53. The Kier molecular flexibility index (Phi) is 3.88. The number of aryl methyl sites for hydroxylation is 1. The SMILES string of the molecule is CNC1(CO)CCC(Oc2ccc(C)c(F)c2)C1. The monoisotopic (exact) mass is 253 g/mol. The predicted octanol–water partition coefficient (Wildman–Crippen LogP) is 2.02. The van der Waals surface area contributed by atoms with Crippen molar-refractivity contribution >= 4 is 0 Å². The van der Waals surface area contributed by atoms with Gasteiger partial charge in [-0.25, -0.2) is 4.39 Å². The summed E-state index contributed by atoms with van der Waals surface area (Å²) in [5.74, 6) is 0.320. The average molecular weight is 253 g/mol. The third-order valence-electron chi connectivity index (χ3n) is 3.84. The molecule has 18 heavy (non-hydrogen) atoms. The zero-order chi connectivity index (χ0) is 13.2. The molecule has 0 spiro atoms. The second-order valence-electron chi connectivity index (χ2n) is 5.08. The lowest BCUT2D eigenvalue weighted by Crippen LogP contribution is -2.44. The van der Waals surface area contributed by atoms with Crippen molar-refractivity contribution in [1.29, 1.82) is 0 Å². The number of rotatable bonds is 4. The maximum atomic E-state index is 13.4. The standard InChI is InChI=1S/C14H20FNO2/c1-10-3-4-11(7-13(10)15)18-12-5-6-14(8-12,9-17)16-2/h3-4,7,12,16-17H,5-6,8-9H2,1-2H3. The minimum absolute atomic E-state index is 0.0340. The van der Waals surface area contributed by atoms with E-state index in [9.17, 15) is 9.50 Å². The van der Waals surface area contributed by atoms with Crippen molar-refractivity contribution in [1.82, 2.24) is 5.32 Å². The Balaban J connectivity index is 2.01. The van der Waals surface area contributed by atoms with Gasteiger partial charge in [0.15, 0.2) is 0 Å². The fourth-order valence-corrected chi connectivity index (χ4v) is 2.47. The molecule has 2 rings (SSSR count). The molecular weight excluding hydrogens is 233 g/mol. The van der Waals surface area contributed by atoms with Gasteiger partial charge in [-0.3, -0.25) is 0 Å². The zero-order valence-corrected chi connectivity index (χ0v) is 10.9. The molecule has 100 valence electrons. The van der Waals surface area contributed by atoms with Crippen LogP contribution in [0.1, 0.15) is 24.8 Å². The van der Waals surface area contributed by atoms with Gasteiger partial charge in [-0.15, -0.1) is 0 Å². The van der Waals surface area contributed by atoms with E-state index in [1.807, 2.05) is 7.05 Å². The number of hydrogen-bond acceptors (Lipinski definition) is 3. The zero-order valence-electron chi connectivity index (χ0n) is 10.9. The lowest BCUT2D eigenvalue weighted by atomic mass is 9.99. The summed E-state index contributed by atoms with van der Waals surface area (Å²) in [5, 5.41) is 12.6. The molecule has 0 amide bonds. The fourth-order valence-electron chi connectivity index (χ4n) is 2.47. The van der Waals surface area contributed by atoms with E-state index in [1.165, 1.54) is 6.07 Å². The number of benzene rings is 1. The summed E-state index contributed by atoms with van der Waals surface area (Å²) < 4.78 is 19.2. The van der Waals surface area contributed by atoms with Crippen LogP contribution in [0.5, 0.6) is 5.75 Å². The third-order valence-corrected chi connectivity index (χ3v) is 3.84. The van der Waals surface area contributed by atoms with Crippen LogP contribution in [0.2, 0.25) is 0 Å². The normalized spacial score (nSPS) is 27.4. The molecule has 1 aliphatic carbocycles. The smallest absolute Gasteiger partial charge is 0.129 e. The summed E-state index contributed by atoms with van der Waals surface area (Å²) in [6.45, 7) is 1.83. The summed E-state index contributed by atoms with van der Waals surface area (Å²) in [5.41, 5.74) is 0.377. The molecule has 0 radical (unpaired) electrons. The third kappa shape index (κ3) is 2.65. The van der Waals surface area contributed by atoms with Crippen molar-refractivity contribution in [3.05, 3.63) is 29.6 Å². The highest BCUT2D eigenvalue weighted by atomic mass is 19.1. The van der Waals surface area contributed by atoms with Gasteiger partial charge in [0.25, 0.3) is 0 Å². The van der Waals surface area contributed by atoms with Gasteiger partial charge in [-0.1, -0.05) is 6.07 Å². The van der Waals surface area contributed by atoms with Gasteiger partial charge < -0.3 is 15.2 Å². The van der Waals surface area contributed by atoms with E-state index in [2.05, 4.69) is 5.32 Å². The molecule has 1 aliphatic rings. The first-order chi connectivity index (χ1) is 8.58. The van der Waals surface area contributed by atoms with Gasteiger partial charge in [0.05, 0.1) is 6.61 Å². The maximum absolute atomic E-state index is 13.4. The van der Waals surface area contributed by atoms with Crippen LogP contribution in [0.4, 0.5) is 4.39 Å². The van der Waals surface area contributed by atoms with Crippen LogP contribution in [-0.4, -0.2) is 30.4 Å². The average Bonchev–Trinajstić information content (AvgIpc) is 2.78. The minimum Gasteiger partial charge on any atom is -0.490 e. The molecule has 0 aromatic heterocycles. The van der Waals surface area contributed by atoms with E-state index < -0.39 is 0 Å². The molecule has 2 unspecified atom stereocenters. The molecule has 0 saturated heterocycles. The van der Waals surface area contributed by atoms with Gasteiger partial charge in [0.2, 0.25) is 0 Å². The molecular formula is C14H20FNO2.